The van der Waals surface area contributed by atoms with E-state index in [0.29, 0.717) is 0 Å². The van der Waals surface area contributed by atoms with Crippen LogP contribution in [-0.2, 0) is 0 Å². The minimum absolute atomic E-state index is 0.786. The van der Waals surface area contributed by atoms with Crippen molar-refractivity contribution in [2.45, 2.75) is 6.92 Å². The molecule has 0 saturated carbocycles. The molecule has 0 bridgehead atoms. The van der Waals surface area contributed by atoms with Gasteiger partial charge < -0.3 is 0 Å². The highest BCUT2D eigenvalue weighted by Crippen LogP contribution is 2.05. The predicted octanol–water partition coefficient (Wildman–Crippen LogP) is 0.346. The van der Waals surface area contributed by atoms with Gasteiger partial charge in [0.15, 0.2) is 0 Å². The lowest BCUT2D eigenvalue weighted by atomic mass is 10.1. The molecule has 0 aromatic carbocycles. The molecule has 1 saturated heterocycles. The average Bonchev–Trinajstić information content (AvgIpc) is 1.81. The van der Waals surface area contributed by atoms with Crippen LogP contribution in [0.25, 0.3) is 0 Å². The summed E-state index contributed by atoms with van der Waals surface area (Å²) in [7, 11) is 6.56. The van der Waals surface area contributed by atoms with Crippen LogP contribution in [0.5, 0.6) is 0 Å². The van der Waals surface area contributed by atoms with E-state index >= 15 is 0 Å². The molecule has 1 aliphatic heterocycles. The Balaban J connectivity index is 2.45. The van der Waals surface area contributed by atoms with Crippen molar-refractivity contribution in [3.63, 3.8) is 0 Å². The normalized spacial score (nSPS) is 27.0. The van der Waals surface area contributed by atoms with E-state index in [0.717, 1.165) is 19.3 Å². The van der Waals surface area contributed by atoms with Crippen molar-refractivity contribution in [1.29, 1.82) is 0 Å². The zero-order valence-electron chi connectivity index (χ0n) is 8.75. The van der Waals surface area contributed by atoms with Crippen LogP contribution in [0.1, 0.15) is 6.92 Å². The van der Waals surface area contributed by atoms with Crippen LogP contribution in [0.3, 0.4) is 0 Å². The second-order valence-electron chi connectivity index (χ2n) is 4.32. The number of rotatable bonds is 0. The number of nitrogens with zero attached hydrogens (tertiary/aromatic N) is 3. The van der Waals surface area contributed by atoms with Crippen LogP contribution >= 0.6 is 0 Å². The average molecular weight is 171 g/mol. The number of hydrogen-bond donors (Lipinski definition) is 0. The molecular weight excluding hydrogens is 150 g/mol. The van der Waals surface area contributed by atoms with Crippen molar-refractivity contribution >= 4 is 0 Å². The topological polar surface area (TPSA) is 9.72 Å². The van der Waals surface area contributed by atoms with Crippen LogP contribution < -0.4 is 0 Å². The Bertz CT molecular complexity index is 97.7. The quantitative estimate of drug-likeness (QED) is 0.520. The van der Waals surface area contributed by atoms with Crippen LogP contribution in [0.15, 0.2) is 0 Å². The first-order chi connectivity index (χ1) is 5.58. The summed E-state index contributed by atoms with van der Waals surface area (Å²) < 4.78 is 0. The minimum atomic E-state index is 0.786. The van der Waals surface area contributed by atoms with Gasteiger partial charge in [0.25, 0.3) is 0 Å². The Kier molecular flexibility index (Phi) is 3.50. The highest BCUT2D eigenvalue weighted by Gasteiger charge is 2.15. The SMILES string of the molecule is CC1CN(C)CN(C)CN(C)C1. The third kappa shape index (κ3) is 3.09. The first-order valence-corrected chi connectivity index (χ1v) is 4.63. The lowest BCUT2D eigenvalue weighted by molar-refractivity contribution is 0.0692. The molecule has 0 atom stereocenters. The van der Waals surface area contributed by atoms with Crippen molar-refractivity contribution in [3.8, 4) is 0 Å². The van der Waals surface area contributed by atoms with Crippen LogP contribution in [-0.4, -0.2) is 62.3 Å². The van der Waals surface area contributed by atoms with Gasteiger partial charge in [-0.05, 0) is 27.1 Å². The summed E-state index contributed by atoms with van der Waals surface area (Å²) >= 11 is 0. The van der Waals surface area contributed by atoms with Crippen molar-refractivity contribution in [2.24, 2.45) is 5.92 Å². The summed E-state index contributed by atoms with van der Waals surface area (Å²) in [5, 5.41) is 0. The third-order valence-corrected chi connectivity index (χ3v) is 2.21. The summed E-state index contributed by atoms with van der Waals surface area (Å²) in [6, 6.07) is 0. The van der Waals surface area contributed by atoms with E-state index in [1.54, 1.807) is 0 Å². The van der Waals surface area contributed by atoms with Gasteiger partial charge in [-0.3, -0.25) is 14.7 Å². The van der Waals surface area contributed by atoms with E-state index in [9.17, 15) is 0 Å². The van der Waals surface area contributed by atoms with Gasteiger partial charge in [-0.25, -0.2) is 0 Å². The van der Waals surface area contributed by atoms with Gasteiger partial charge in [-0.2, -0.15) is 0 Å². The Labute approximate surface area is 75.9 Å². The summed E-state index contributed by atoms with van der Waals surface area (Å²) in [5.74, 6) is 0.786. The largest absolute Gasteiger partial charge is 0.293 e. The third-order valence-electron chi connectivity index (χ3n) is 2.21. The summed E-state index contributed by atoms with van der Waals surface area (Å²) in [5.41, 5.74) is 0. The number of hydrogen-bond acceptors (Lipinski definition) is 3. The first-order valence-electron chi connectivity index (χ1n) is 4.63. The highest BCUT2D eigenvalue weighted by atomic mass is 15.4. The molecule has 1 heterocycles. The predicted molar refractivity (Wildman–Crippen MR) is 51.9 cm³/mol. The van der Waals surface area contributed by atoms with Gasteiger partial charge >= 0.3 is 0 Å². The molecule has 0 aromatic heterocycles. The molecule has 72 valence electrons. The van der Waals surface area contributed by atoms with Gasteiger partial charge in [0.1, 0.15) is 0 Å². The van der Waals surface area contributed by atoms with E-state index in [2.05, 4.69) is 42.8 Å². The molecule has 3 heteroatoms. The molecule has 1 aliphatic rings. The Morgan fingerprint density at radius 1 is 0.833 bits per heavy atom. The van der Waals surface area contributed by atoms with Gasteiger partial charge in [0, 0.05) is 13.1 Å². The summed E-state index contributed by atoms with van der Waals surface area (Å²) in [6.45, 7) is 6.88. The monoisotopic (exact) mass is 171 g/mol. The lowest BCUT2D eigenvalue weighted by Gasteiger charge is -2.34. The maximum Gasteiger partial charge on any atom is 0.0512 e. The van der Waals surface area contributed by atoms with Gasteiger partial charge in [-0.15, -0.1) is 0 Å². The van der Waals surface area contributed by atoms with Crippen LogP contribution in [0.2, 0.25) is 0 Å². The Hall–Kier alpha value is -0.120. The molecule has 0 spiro atoms. The fourth-order valence-corrected chi connectivity index (χ4v) is 2.11. The Morgan fingerprint density at radius 2 is 1.25 bits per heavy atom. The molecule has 0 radical (unpaired) electrons. The maximum atomic E-state index is 2.39. The van der Waals surface area contributed by atoms with Crippen molar-refractivity contribution < 1.29 is 0 Å². The first kappa shape index (κ1) is 9.96. The van der Waals surface area contributed by atoms with Crippen molar-refractivity contribution in [1.82, 2.24) is 14.7 Å². The fourth-order valence-electron chi connectivity index (χ4n) is 2.11. The molecule has 0 amide bonds. The molecule has 0 aromatic rings. The smallest absolute Gasteiger partial charge is 0.0512 e. The van der Waals surface area contributed by atoms with Crippen LogP contribution in [0.4, 0.5) is 0 Å². The zero-order chi connectivity index (χ0) is 9.14. The maximum absolute atomic E-state index is 2.39. The molecular formula is C9H21N3. The summed E-state index contributed by atoms with van der Waals surface area (Å²) in [4.78, 5) is 7.11. The molecule has 0 aliphatic carbocycles. The molecule has 1 fully saturated rings. The van der Waals surface area contributed by atoms with E-state index < -0.39 is 0 Å². The van der Waals surface area contributed by atoms with Crippen molar-refractivity contribution in [2.75, 3.05) is 47.6 Å². The second kappa shape index (κ2) is 4.21. The standard InChI is InChI=1S/C9H21N3/c1-9-5-10(2)7-12(4)8-11(3)6-9/h9H,5-8H2,1-4H3. The molecule has 0 unspecified atom stereocenters. The zero-order valence-corrected chi connectivity index (χ0v) is 8.75. The Morgan fingerprint density at radius 3 is 1.67 bits per heavy atom. The van der Waals surface area contributed by atoms with Gasteiger partial charge in [0.2, 0.25) is 0 Å². The van der Waals surface area contributed by atoms with Gasteiger partial charge in [-0.1, -0.05) is 6.92 Å². The van der Waals surface area contributed by atoms with E-state index in [1.165, 1.54) is 13.1 Å². The van der Waals surface area contributed by atoms with E-state index in [1.807, 2.05) is 0 Å². The highest BCUT2D eigenvalue weighted by molar-refractivity contribution is 4.66. The molecule has 0 N–H and O–H groups in total. The second-order valence-corrected chi connectivity index (χ2v) is 4.32. The molecule has 12 heavy (non-hydrogen) atoms. The van der Waals surface area contributed by atoms with Gasteiger partial charge in [0.05, 0.1) is 13.3 Å². The minimum Gasteiger partial charge on any atom is -0.293 e. The fraction of sp³-hybridized carbons (Fsp3) is 1.00. The van der Waals surface area contributed by atoms with Crippen molar-refractivity contribution in [3.05, 3.63) is 0 Å². The van der Waals surface area contributed by atoms with E-state index in [4.69, 9.17) is 0 Å². The lowest BCUT2D eigenvalue weighted by Crippen LogP contribution is -2.46. The van der Waals surface area contributed by atoms with E-state index in [-0.39, 0.29) is 0 Å². The molecule has 1 rings (SSSR count). The summed E-state index contributed by atoms with van der Waals surface area (Å²) in [6.07, 6.45) is 0. The molecule has 3 nitrogen and oxygen atoms in total. The van der Waals surface area contributed by atoms with Crippen LogP contribution in [0, 0.1) is 5.92 Å².